The van der Waals surface area contributed by atoms with E-state index in [2.05, 4.69) is 15.5 Å². The molecule has 2 N–H and O–H groups in total. The number of H-pyrrole nitrogens is 1. The van der Waals surface area contributed by atoms with Gasteiger partial charge in [0, 0.05) is 23.2 Å². The van der Waals surface area contributed by atoms with E-state index in [1.807, 2.05) is 0 Å². The number of halogens is 3. The van der Waals surface area contributed by atoms with Gasteiger partial charge in [0.1, 0.15) is 0 Å². The largest absolute Gasteiger partial charge is 0.446 e. The molecule has 2 aromatic rings. The number of hydrogen-bond donors (Lipinski definition) is 2. The highest BCUT2D eigenvalue weighted by Gasteiger charge is 2.31. The minimum absolute atomic E-state index is 0.00156. The van der Waals surface area contributed by atoms with Crippen LogP contribution in [0.4, 0.5) is 13.2 Å². The second-order valence-corrected chi connectivity index (χ2v) is 4.94. The number of hydrogen-bond acceptors (Lipinski definition) is 3. The Kier molecular flexibility index (Phi) is 4.33. The van der Waals surface area contributed by atoms with Crippen LogP contribution in [0.25, 0.3) is 0 Å². The van der Waals surface area contributed by atoms with Gasteiger partial charge in [-0.15, -0.1) is 0 Å². The van der Waals surface area contributed by atoms with Crippen molar-refractivity contribution in [1.82, 2.24) is 15.5 Å². The summed E-state index contributed by atoms with van der Waals surface area (Å²) in [7, 11) is 0. The smallest absolute Gasteiger partial charge is 0.348 e. The number of thioether (sulfide) groups is 1. The molecule has 0 saturated carbocycles. The van der Waals surface area contributed by atoms with Gasteiger partial charge in [0.25, 0.3) is 5.91 Å². The number of nitrogens with one attached hydrogen (secondary N) is 2. The highest BCUT2D eigenvalue weighted by molar-refractivity contribution is 8.00. The third-order valence-corrected chi connectivity index (χ3v) is 3.17. The van der Waals surface area contributed by atoms with Gasteiger partial charge in [-0.25, -0.2) is 0 Å². The molecule has 0 spiro atoms. The zero-order valence-corrected chi connectivity index (χ0v) is 10.9. The Morgan fingerprint density at radius 3 is 2.75 bits per heavy atom. The number of carbonyl (C=O) groups is 1. The third kappa shape index (κ3) is 4.02. The van der Waals surface area contributed by atoms with Gasteiger partial charge in [-0.2, -0.15) is 18.3 Å². The molecular weight excluding hydrogens is 291 g/mol. The van der Waals surface area contributed by atoms with Gasteiger partial charge in [-0.1, -0.05) is 12.1 Å². The second-order valence-electron chi connectivity index (χ2n) is 3.83. The van der Waals surface area contributed by atoms with Crippen molar-refractivity contribution in [2.24, 2.45) is 0 Å². The van der Waals surface area contributed by atoms with Crippen LogP contribution in [0.15, 0.2) is 41.6 Å². The molecule has 0 aliphatic rings. The molecule has 8 heteroatoms. The van der Waals surface area contributed by atoms with Crippen molar-refractivity contribution in [2.45, 2.75) is 16.9 Å². The minimum atomic E-state index is -4.43. The lowest BCUT2D eigenvalue weighted by molar-refractivity contribution is -0.0328. The first-order chi connectivity index (χ1) is 9.46. The number of aromatic nitrogens is 2. The van der Waals surface area contributed by atoms with Crippen LogP contribution >= 0.6 is 11.8 Å². The Morgan fingerprint density at radius 2 is 2.10 bits per heavy atom. The summed E-state index contributed by atoms with van der Waals surface area (Å²) in [5.74, 6) is -0.557. The lowest BCUT2D eigenvalue weighted by Gasteiger charge is -2.10. The predicted octanol–water partition coefficient (Wildman–Crippen LogP) is 2.95. The molecule has 1 heterocycles. The first-order valence-corrected chi connectivity index (χ1v) is 6.38. The Bertz CT molecular complexity index is 584. The number of aromatic amines is 1. The topological polar surface area (TPSA) is 57.8 Å². The zero-order chi connectivity index (χ0) is 14.6. The Labute approximate surface area is 116 Å². The number of benzene rings is 1. The molecule has 1 aromatic heterocycles. The third-order valence-electron chi connectivity index (χ3n) is 2.37. The summed E-state index contributed by atoms with van der Waals surface area (Å²) in [5.41, 5.74) is -3.70. The normalized spacial score (nSPS) is 11.3. The minimum Gasteiger partial charge on any atom is -0.348 e. The van der Waals surface area contributed by atoms with Crippen LogP contribution in [0.3, 0.4) is 0 Å². The van der Waals surface area contributed by atoms with Gasteiger partial charge in [0.05, 0.1) is 11.8 Å². The molecule has 106 valence electrons. The summed E-state index contributed by atoms with van der Waals surface area (Å²) in [6, 6.07) is 5.61. The van der Waals surface area contributed by atoms with Crippen molar-refractivity contribution in [2.75, 3.05) is 0 Å². The van der Waals surface area contributed by atoms with E-state index in [0.717, 1.165) is 5.56 Å². The molecule has 4 nitrogen and oxygen atoms in total. The quantitative estimate of drug-likeness (QED) is 0.854. The number of nitrogens with zero attached hydrogens (tertiary/aromatic N) is 1. The van der Waals surface area contributed by atoms with Gasteiger partial charge >= 0.3 is 5.51 Å². The maximum atomic E-state index is 12.4. The van der Waals surface area contributed by atoms with E-state index in [1.165, 1.54) is 30.5 Å². The van der Waals surface area contributed by atoms with Crippen LogP contribution in [-0.4, -0.2) is 21.6 Å². The van der Waals surface area contributed by atoms with Crippen LogP contribution in [0.5, 0.6) is 0 Å². The molecule has 2 rings (SSSR count). The number of carbonyl (C=O) groups excluding carboxylic acids is 1. The molecular formula is C12H10F3N3OS. The van der Waals surface area contributed by atoms with Crippen LogP contribution in [-0.2, 0) is 6.54 Å². The molecule has 0 aliphatic heterocycles. The summed E-state index contributed by atoms with van der Waals surface area (Å²) in [6.07, 6.45) is 3.12. The van der Waals surface area contributed by atoms with Crippen LogP contribution in [0.2, 0.25) is 0 Å². The van der Waals surface area contributed by atoms with Crippen LogP contribution in [0.1, 0.15) is 15.9 Å². The summed E-state index contributed by atoms with van der Waals surface area (Å²) >= 11 is -0.300. The fourth-order valence-corrected chi connectivity index (χ4v) is 2.19. The summed E-state index contributed by atoms with van der Waals surface area (Å²) in [5, 5.41) is 8.84. The van der Waals surface area contributed by atoms with Gasteiger partial charge in [-0.3, -0.25) is 9.89 Å². The van der Waals surface area contributed by atoms with E-state index < -0.39 is 11.4 Å². The molecule has 0 atom stereocenters. The van der Waals surface area contributed by atoms with Crippen molar-refractivity contribution < 1.29 is 18.0 Å². The van der Waals surface area contributed by atoms with Gasteiger partial charge in [0.15, 0.2) is 0 Å². The SMILES string of the molecule is O=C(NCc1cn[nH]c1)c1ccccc1SC(F)(F)F. The zero-order valence-electron chi connectivity index (χ0n) is 10.1. The van der Waals surface area contributed by atoms with Crippen molar-refractivity contribution in [3.63, 3.8) is 0 Å². The molecule has 0 saturated heterocycles. The van der Waals surface area contributed by atoms with Crippen molar-refractivity contribution in [3.8, 4) is 0 Å². The van der Waals surface area contributed by atoms with E-state index >= 15 is 0 Å². The van der Waals surface area contributed by atoms with E-state index in [-0.39, 0.29) is 28.8 Å². The van der Waals surface area contributed by atoms with Crippen molar-refractivity contribution >= 4 is 17.7 Å². The van der Waals surface area contributed by atoms with Crippen LogP contribution < -0.4 is 5.32 Å². The molecule has 0 aliphatic carbocycles. The average molecular weight is 301 g/mol. The van der Waals surface area contributed by atoms with E-state index in [4.69, 9.17) is 0 Å². The molecule has 0 unspecified atom stereocenters. The lowest BCUT2D eigenvalue weighted by atomic mass is 10.2. The van der Waals surface area contributed by atoms with Gasteiger partial charge in [-0.05, 0) is 23.9 Å². The van der Waals surface area contributed by atoms with Gasteiger partial charge in [0.2, 0.25) is 0 Å². The average Bonchev–Trinajstić information content (AvgIpc) is 2.88. The standard InChI is InChI=1S/C12H10F3N3OS/c13-12(14,15)20-10-4-2-1-3-9(10)11(19)16-5-8-6-17-18-7-8/h1-4,6-7H,5H2,(H,16,19)(H,17,18). The lowest BCUT2D eigenvalue weighted by Crippen LogP contribution is -2.23. The summed E-state index contributed by atoms with van der Waals surface area (Å²) in [4.78, 5) is 11.8. The summed E-state index contributed by atoms with van der Waals surface area (Å²) in [6.45, 7) is 0.195. The Balaban J connectivity index is 2.09. The van der Waals surface area contributed by atoms with E-state index in [9.17, 15) is 18.0 Å². The molecule has 20 heavy (non-hydrogen) atoms. The number of alkyl halides is 3. The van der Waals surface area contributed by atoms with Crippen LogP contribution in [0, 0.1) is 0 Å². The van der Waals surface area contributed by atoms with E-state index in [0.29, 0.717) is 0 Å². The Morgan fingerprint density at radius 1 is 1.35 bits per heavy atom. The fourth-order valence-electron chi connectivity index (χ4n) is 1.52. The summed E-state index contributed by atoms with van der Waals surface area (Å²) < 4.78 is 37.2. The number of amides is 1. The maximum Gasteiger partial charge on any atom is 0.446 e. The Hall–Kier alpha value is -1.96. The molecule has 0 fully saturated rings. The fraction of sp³-hybridized carbons (Fsp3) is 0.167. The van der Waals surface area contributed by atoms with Gasteiger partial charge < -0.3 is 5.32 Å². The maximum absolute atomic E-state index is 12.4. The highest BCUT2D eigenvalue weighted by Crippen LogP contribution is 2.38. The second kappa shape index (κ2) is 6.00. The highest BCUT2D eigenvalue weighted by atomic mass is 32.2. The van der Waals surface area contributed by atoms with E-state index in [1.54, 1.807) is 6.20 Å². The monoisotopic (exact) mass is 301 g/mol. The first-order valence-electron chi connectivity index (χ1n) is 5.56. The molecule has 1 amide bonds. The number of rotatable bonds is 4. The molecule has 0 radical (unpaired) electrons. The predicted molar refractivity (Wildman–Crippen MR) is 68.1 cm³/mol. The van der Waals surface area contributed by atoms with Crippen molar-refractivity contribution in [3.05, 3.63) is 47.8 Å². The molecule has 1 aromatic carbocycles. The van der Waals surface area contributed by atoms with Crippen molar-refractivity contribution in [1.29, 1.82) is 0 Å². The molecule has 0 bridgehead atoms. The first kappa shape index (κ1) is 14.4.